The number of para-hydroxylation sites is 1. The Labute approximate surface area is 185 Å². The van der Waals surface area contributed by atoms with Crippen molar-refractivity contribution < 1.29 is 18.0 Å². The van der Waals surface area contributed by atoms with Gasteiger partial charge in [-0.25, -0.2) is 0 Å². The average Bonchev–Trinajstić information content (AvgIpc) is 3.30. The summed E-state index contributed by atoms with van der Waals surface area (Å²) in [6, 6.07) is 12.5. The molecule has 0 aliphatic heterocycles. The van der Waals surface area contributed by atoms with E-state index in [-0.39, 0.29) is 11.4 Å². The number of hydrogen-bond acceptors (Lipinski definition) is 3. The minimum absolute atomic E-state index is 0.0673. The molecule has 0 radical (unpaired) electrons. The topological polar surface area (TPSA) is 66.9 Å². The van der Waals surface area contributed by atoms with E-state index in [2.05, 4.69) is 10.3 Å². The Morgan fingerprint density at radius 3 is 2.56 bits per heavy atom. The maximum atomic E-state index is 12.7. The Balaban J connectivity index is 1.43. The van der Waals surface area contributed by atoms with Crippen molar-refractivity contribution in [3.8, 4) is 0 Å². The van der Waals surface area contributed by atoms with E-state index < -0.39 is 17.6 Å². The molecule has 9 heteroatoms. The summed E-state index contributed by atoms with van der Waals surface area (Å²) in [5.74, 6) is -0.421. The number of nitrogens with zero attached hydrogens (tertiary/aromatic N) is 1. The molecule has 2 aromatic heterocycles. The number of aromatic amines is 1. The van der Waals surface area contributed by atoms with E-state index in [1.807, 2.05) is 30.5 Å². The van der Waals surface area contributed by atoms with E-state index in [1.165, 1.54) is 12.1 Å². The molecule has 0 unspecified atom stereocenters. The minimum atomic E-state index is -4.40. The zero-order chi connectivity index (χ0) is 22.9. The molecule has 0 bridgehead atoms. The number of aromatic nitrogens is 2. The summed E-state index contributed by atoms with van der Waals surface area (Å²) in [6.45, 7) is 2.23. The van der Waals surface area contributed by atoms with Crippen LogP contribution >= 0.6 is 11.3 Å². The first-order valence-electron chi connectivity index (χ1n) is 9.93. The quantitative estimate of drug-likeness (QED) is 0.431. The monoisotopic (exact) mass is 459 g/mol. The Morgan fingerprint density at radius 2 is 1.84 bits per heavy atom. The molecule has 0 aliphatic carbocycles. The number of carbonyl (C=O) groups excluding carboxylic acids is 1. The molecule has 5 nitrogen and oxygen atoms in total. The van der Waals surface area contributed by atoms with Gasteiger partial charge < -0.3 is 14.9 Å². The highest BCUT2D eigenvalue weighted by Crippen LogP contribution is 2.29. The molecule has 0 saturated carbocycles. The van der Waals surface area contributed by atoms with Crippen LogP contribution in [0.25, 0.3) is 10.9 Å². The molecule has 0 spiro atoms. The number of benzene rings is 2. The number of H-pyrrole nitrogens is 1. The van der Waals surface area contributed by atoms with Crippen molar-refractivity contribution in [2.75, 3.05) is 0 Å². The summed E-state index contributed by atoms with van der Waals surface area (Å²) in [7, 11) is 0. The molecular formula is C23H20F3N3O2S. The van der Waals surface area contributed by atoms with Crippen LogP contribution in [0.3, 0.4) is 0 Å². The Hall–Kier alpha value is -3.33. The Morgan fingerprint density at radius 1 is 1.12 bits per heavy atom. The molecule has 2 aromatic carbocycles. The van der Waals surface area contributed by atoms with Gasteiger partial charge in [-0.1, -0.05) is 41.7 Å². The lowest BCUT2D eigenvalue weighted by Gasteiger charge is -2.09. The van der Waals surface area contributed by atoms with Crippen LogP contribution in [0.4, 0.5) is 13.2 Å². The largest absolute Gasteiger partial charge is 0.416 e. The lowest BCUT2D eigenvalue weighted by molar-refractivity contribution is -0.137. The first-order chi connectivity index (χ1) is 15.2. The van der Waals surface area contributed by atoms with Gasteiger partial charge in [0.15, 0.2) is 0 Å². The van der Waals surface area contributed by atoms with Crippen LogP contribution in [0.5, 0.6) is 0 Å². The van der Waals surface area contributed by atoms with Crippen LogP contribution in [0.15, 0.2) is 59.5 Å². The number of carbonyl (C=O) groups is 1. The van der Waals surface area contributed by atoms with E-state index >= 15 is 0 Å². The lowest BCUT2D eigenvalue weighted by Crippen LogP contribution is -2.23. The van der Waals surface area contributed by atoms with Gasteiger partial charge >= 0.3 is 11.0 Å². The van der Waals surface area contributed by atoms with Crippen LogP contribution in [0, 0.1) is 6.92 Å². The van der Waals surface area contributed by atoms with E-state index in [0.717, 1.165) is 39.9 Å². The first kappa shape index (κ1) is 21.9. The normalized spacial score (nSPS) is 11.8. The molecule has 4 rings (SSSR count). The fraction of sp³-hybridized carbons (Fsp3) is 0.217. The molecule has 32 heavy (non-hydrogen) atoms. The van der Waals surface area contributed by atoms with Gasteiger partial charge in [0, 0.05) is 35.9 Å². The van der Waals surface area contributed by atoms with Gasteiger partial charge in [-0.3, -0.25) is 9.59 Å². The summed E-state index contributed by atoms with van der Waals surface area (Å²) in [6.07, 6.45) is -1.84. The molecule has 0 saturated heterocycles. The molecule has 166 valence electrons. The van der Waals surface area contributed by atoms with Crippen molar-refractivity contribution in [3.05, 3.63) is 91.7 Å². The summed E-state index contributed by atoms with van der Waals surface area (Å²) < 4.78 is 39.6. The van der Waals surface area contributed by atoms with Crippen molar-refractivity contribution in [2.45, 2.75) is 32.6 Å². The van der Waals surface area contributed by atoms with Gasteiger partial charge in [0.05, 0.1) is 5.56 Å². The van der Waals surface area contributed by atoms with Gasteiger partial charge in [0.25, 0.3) is 5.91 Å². The molecule has 4 aromatic rings. The third kappa shape index (κ3) is 4.47. The van der Waals surface area contributed by atoms with Gasteiger partial charge in [-0.2, -0.15) is 13.2 Å². The lowest BCUT2D eigenvalue weighted by atomic mass is 10.1. The predicted molar refractivity (Wildman–Crippen MR) is 118 cm³/mol. The summed E-state index contributed by atoms with van der Waals surface area (Å²) in [5.41, 5.74) is 2.49. The maximum Gasteiger partial charge on any atom is 0.416 e. The Bertz CT molecular complexity index is 1320. The molecule has 0 atom stereocenters. The third-order valence-corrected chi connectivity index (χ3v) is 6.44. The third-order valence-electron chi connectivity index (χ3n) is 5.36. The zero-order valence-corrected chi connectivity index (χ0v) is 17.9. The summed E-state index contributed by atoms with van der Waals surface area (Å²) in [5, 5.41) is 3.78. The van der Waals surface area contributed by atoms with E-state index in [1.54, 1.807) is 11.5 Å². The maximum absolute atomic E-state index is 12.7. The van der Waals surface area contributed by atoms with Gasteiger partial charge in [-0.15, -0.1) is 0 Å². The first-order valence-corrected chi connectivity index (χ1v) is 10.8. The second-order valence-corrected chi connectivity index (χ2v) is 8.38. The zero-order valence-electron chi connectivity index (χ0n) is 17.1. The van der Waals surface area contributed by atoms with Crippen LogP contribution < -0.4 is 10.2 Å². The molecule has 2 N–H and O–H groups in total. The standard InChI is InChI=1S/C23H20F3N3O2S/c1-14-20(21(30)28-12-15-6-8-17(9-7-15)23(24,25)26)32-22(31)29(14)11-10-16-13-27-19-5-3-2-4-18(16)19/h2-9,13,27H,10-12H2,1H3,(H,28,30). The summed E-state index contributed by atoms with van der Waals surface area (Å²) in [4.78, 5) is 28.4. The van der Waals surface area contributed by atoms with Crippen molar-refractivity contribution in [1.82, 2.24) is 14.9 Å². The fourth-order valence-corrected chi connectivity index (χ4v) is 4.53. The van der Waals surface area contributed by atoms with Crippen molar-refractivity contribution in [1.29, 1.82) is 0 Å². The van der Waals surface area contributed by atoms with Gasteiger partial charge in [0.2, 0.25) is 0 Å². The number of fused-ring (bicyclic) bond motifs is 1. The Kier molecular flexibility index (Phi) is 5.92. The van der Waals surface area contributed by atoms with E-state index in [0.29, 0.717) is 29.1 Å². The van der Waals surface area contributed by atoms with E-state index in [9.17, 15) is 22.8 Å². The number of thiazole rings is 1. The van der Waals surface area contributed by atoms with Gasteiger partial charge in [0.1, 0.15) is 4.88 Å². The van der Waals surface area contributed by atoms with Gasteiger partial charge in [-0.05, 0) is 42.7 Å². The highest BCUT2D eigenvalue weighted by molar-refractivity contribution is 7.11. The highest BCUT2D eigenvalue weighted by Gasteiger charge is 2.30. The summed E-state index contributed by atoms with van der Waals surface area (Å²) >= 11 is 0.870. The van der Waals surface area contributed by atoms with Crippen molar-refractivity contribution >= 4 is 28.1 Å². The number of aryl methyl sites for hydroxylation is 1. The number of amides is 1. The van der Waals surface area contributed by atoms with Crippen LogP contribution in [0.1, 0.15) is 32.1 Å². The van der Waals surface area contributed by atoms with Crippen LogP contribution in [-0.4, -0.2) is 15.5 Å². The number of nitrogens with one attached hydrogen (secondary N) is 2. The molecule has 0 aliphatic rings. The SMILES string of the molecule is Cc1c(C(=O)NCc2ccc(C(F)(F)F)cc2)sc(=O)n1CCc1c[nH]c2ccccc12. The number of alkyl halides is 3. The van der Waals surface area contributed by atoms with Crippen LogP contribution in [-0.2, 0) is 25.7 Å². The molecule has 0 fully saturated rings. The smallest absolute Gasteiger partial charge is 0.361 e. The number of rotatable bonds is 6. The molecule has 1 amide bonds. The molecular weight excluding hydrogens is 439 g/mol. The fourth-order valence-electron chi connectivity index (χ4n) is 3.59. The van der Waals surface area contributed by atoms with Crippen LogP contribution in [0.2, 0.25) is 0 Å². The minimum Gasteiger partial charge on any atom is -0.361 e. The van der Waals surface area contributed by atoms with Crippen molar-refractivity contribution in [2.24, 2.45) is 0 Å². The van der Waals surface area contributed by atoms with E-state index in [4.69, 9.17) is 0 Å². The molecule has 2 heterocycles. The second kappa shape index (κ2) is 8.66. The number of hydrogen-bond donors (Lipinski definition) is 2. The average molecular weight is 459 g/mol. The highest BCUT2D eigenvalue weighted by atomic mass is 32.1. The van der Waals surface area contributed by atoms with Crippen molar-refractivity contribution in [3.63, 3.8) is 0 Å². The number of halogens is 3. The second-order valence-electron chi connectivity index (χ2n) is 7.42. The predicted octanol–water partition coefficient (Wildman–Crippen LogP) is 4.89.